The predicted octanol–water partition coefficient (Wildman–Crippen LogP) is 3.02. The molecule has 0 saturated heterocycles. The van der Waals surface area contributed by atoms with Gasteiger partial charge in [-0.3, -0.25) is 4.79 Å². The standard InChI is InChI=1S/C14H19NOS/c1-4-11(9-17)10(2)12-5-7-13(8-6-12)14(16)15-3/h5-8,11,17H,2,4,9H2,1,3H3,(H,15,16). The van der Waals surface area contributed by atoms with E-state index in [0.29, 0.717) is 11.5 Å². The monoisotopic (exact) mass is 249 g/mol. The Morgan fingerprint density at radius 1 is 1.35 bits per heavy atom. The molecule has 1 atom stereocenters. The van der Waals surface area contributed by atoms with Gasteiger partial charge in [-0.1, -0.05) is 25.6 Å². The van der Waals surface area contributed by atoms with Gasteiger partial charge in [0.15, 0.2) is 0 Å². The number of rotatable bonds is 5. The topological polar surface area (TPSA) is 29.1 Å². The van der Waals surface area contributed by atoms with Crippen molar-refractivity contribution < 1.29 is 4.79 Å². The first kappa shape index (κ1) is 13.8. The Kier molecular flexibility index (Phi) is 5.29. The predicted molar refractivity (Wildman–Crippen MR) is 76.5 cm³/mol. The van der Waals surface area contributed by atoms with Crippen LogP contribution in [0.3, 0.4) is 0 Å². The summed E-state index contributed by atoms with van der Waals surface area (Å²) < 4.78 is 0. The van der Waals surface area contributed by atoms with Crippen LogP contribution < -0.4 is 5.32 Å². The van der Waals surface area contributed by atoms with Gasteiger partial charge in [0.25, 0.3) is 5.91 Å². The van der Waals surface area contributed by atoms with Gasteiger partial charge in [0.1, 0.15) is 0 Å². The van der Waals surface area contributed by atoms with Crippen LogP contribution in [0.2, 0.25) is 0 Å². The zero-order chi connectivity index (χ0) is 12.8. The van der Waals surface area contributed by atoms with E-state index in [0.717, 1.165) is 23.3 Å². The molecule has 1 rings (SSSR count). The second kappa shape index (κ2) is 6.50. The molecule has 0 aliphatic heterocycles. The van der Waals surface area contributed by atoms with E-state index in [1.807, 2.05) is 24.3 Å². The first-order valence-corrected chi connectivity index (χ1v) is 6.39. The van der Waals surface area contributed by atoms with E-state index in [9.17, 15) is 4.79 Å². The molecule has 1 aromatic carbocycles. The molecular formula is C14H19NOS. The molecule has 0 aliphatic carbocycles. The van der Waals surface area contributed by atoms with Crippen LogP contribution >= 0.6 is 12.6 Å². The quantitative estimate of drug-likeness (QED) is 0.772. The van der Waals surface area contributed by atoms with Crippen molar-refractivity contribution in [1.29, 1.82) is 0 Å². The number of amides is 1. The van der Waals surface area contributed by atoms with Crippen molar-refractivity contribution in [2.45, 2.75) is 13.3 Å². The van der Waals surface area contributed by atoms with Gasteiger partial charge in [0, 0.05) is 12.6 Å². The maximum Gasteiger partial charge on any atom is 0.251 e. The summed E-state index contributed by atoms with van der Waals surface area (Å²) in [6.45, 7) is 6.24. The van der Waals surface area contributed by atoms with Crippen molar-refractivity contribution in [3.8, 4) is 0 Å². The Morgan fingerprint density at radius 3 is 2.29 bits per heavy atom. The average molecular weight is 249 g/mol. The molecule has 2 nitrogen and oxygen atoms in total. The number of thiol groups is 1. The number of hydrogen-bond donors (Lipinski definition) is 2. The first-order valence-electron chi connectivity index (χ1n) is 5.76. The summed E-state index contributed by atoms with van der Waals surface area (Å²) >= 11 is 4.33. The minimum atomic E-state index is -0.0663. The summed E-state index contributed by atoms with van der Waals surface area (Å²) in [5.41, 5.74) is 2.84. The number of allylic oxidation sites excluding steroid dienone is 1. The third kappa shape index (κ3) is 3.37. The molecule has 0 fully saturated rings. The second-order valence-corrected chi connectivity index (χ2v) is 4.33. The van der Waals surface area contributed by atoms with Crippen molar-refractivity contribution >= 4 is 24.1 Å². The van der Waals surface area contributed by atoms with Gasteiger partial charge in [-0.25, -0.2) is 0 Å². The highest BCUT2D eigenvalue weighted by atomic mass is 32.1. The van der Waals surface area contributed by atoms with E-state index >= 15 is 0 Å². The largest absolute Gasteiger partial charge is 0.355 e. The molecule has 92 valence electrons. The van der Waals surface area contributed by atoms with Gasteiger partial charge in [-0.2, -0.15) is 12.6 Å². The molecule has 1 aromatic rings. The average Bonchev–Trinajstić information content (AvgIpc) is 2.39. The highest BCUT2D eigenvalue weighted by Crippen LogP contribution is 2.25. The molecule has 3 heteroatoms. The number of carbonyl (C=O) groups excluding carboxylic acids is 1. The first-order chi connectivity index (χ1) is 8.13. The van der Waals surface area contributed by atoms with Crippen molar-refractivity contribution in [1.82, 2.24) is 5.32 Å². The molecule has 1 amide bonds. The van der Waals surface area contributed by atoms with Gasteiger partial charge in [0.2, 0.25) is 0 Å². The molecule has 0 aromatic heterocycles. The van der Waals surface area contributed by atoms with E-state index in [4.69, 9.17) is 0 Å². The number of nitrogens with one attached hydrogen (secondary N) is 1. The van der Waals surface area contributed by atoms with Crippen molar-refractivity contribution in [2.75, 3.05) is 12.8 Å². The molecular weight excluding hydrogens is 230 g/mol. The Morgan fingerprint density at radius 2 is 1.88 bits per heavy atom. The van der Waals surface area contributed by atoms with Crippen LogP contribution in [0.15, 0.2) is 30.8 Å². The Bertz CT molecular complexity index is 393. The van der Waals surface area contributed by atoms with Gasteiger partial charge >= 0.3 is 0 Å². The fourth-order valence-electron chi connectivity index (χ4n) is 1.70. The van der Waals surface area contributed by atoms with Gasteiger partial charge < -0.3 is 5.32 Å². The van der Waals surface area contributed by atoms with Crippen LogP contribution in [-0.4, -0.2) is 18.7 Å². The van der Waals surface area contributed by atoms with Crippen LogP contribution in [0, 0.1) is 5.92 Å². The minimum absolute atomic E-state index is 0.0663. The van der Waals surface area contributed by atoms with E-state index in [1.165, 1.54) is 0 Å². The van der Waals surface area contributed by atoms with Crippen LogP contribution in [-0.2, 0) is 0 Å². The molecule has 1 N–H and O–H groups in total. The summed E-state index contributed by atoms with van der Waals surface area (Å²) in [5.74, 6) is 1.12. The molecule has 0 radical (unpaired) electrons. The van der Waals surface area contributed by atoms with Gasteiger partial charge in [-0.15, -0.1) is 0 Å². The van der Waals surface area contributed by atoms with Gasteiger partial charge in [0.05, 0.1) is 0 Å². The fourth-order valence-corrected chi connectivity index (χ4v) is 2.18. The summed E-state index contributed by atoms with van der Waals surface area (Å²) in [6.07, 6.45) is 1.03. The third-order valence-corrected chi connectivity index (χ3v) is 3.39. The minimum Gasteiger partial charge on any atom is -0.355 e. The number of benzene rings is 1. The zero-order valence-corrected chi connectivity index (χ0v) is 11.3. The van der Waals surface area contributed by atoms with Crippen molar-refractivity contribution in [3.63, 3.8) is 0 Å². The highest BCUT2D eigenvalue weighted by molar-refractivity contribution is 7.80. The molecule has 0 bridgehead atoms. The van der Waals surface area contributed by atoms with Crippen LogP contribution in [0.5, 0.6) is 0 Å². The van der Waals surface area contributed by atoms with Crippen LogP contribution in [0.25, 0.3) is 5.57 Å². The van der Waals surface area contributed by atoms with Gasteiger partial charge in [-0.05, 0) is 41.4 Å². The van der Waals surface area contributed by atoms with Crippen molar-refractivity contribution in [3.05, 3.63) is 42.0 Å². The van der Waals surface area contributed by atoms with Crippen LogP contribution in [0.4, 0.5) is 0 Å². The summed E-state index contributed by atoms with van der Waals surface area (Å²) in [7, 11) is 1.63. The molecule has 17 heavy (non-hydrogen) atoms. The maximum absolute atomic E-state index is 11.4. The Balaban J connectivity index is 2.87. The molecule has 0 spiro atoms. The Labute approximate surface area is 109 Å². The number of hydrogen-bond acceptors (Lipinski definition) is 2. The smallest absolute Gasteiger partial charge is 0.251 e. The zero-order valence-electron chi connectivity index (χ0n) is 10.4. The van der Waals surface area contributed by atoms with Crippen LogP contribution in [0.1, 0.15) is 29.3 Å². The normalized spacial score (nSPS) is 11.9. The second-order valence-electron chi connectivity index (χ2n) is 3.97. The lowest BCUT2D eigenvalue weighted by atomic mass is 9.93. The van der Waals surface area contributed by atoms with E-state index in [-0.39, 0.29) is 5.91 Å². The number of carbonyl (C=O) groups is 1. The lowest BCUT2D eigenvalue weighted by Gasteiger charge is -2.15. The summed E-state index contributed by atoms with van der Waals surface area (Å²) in [5, 5.41) is 2.60. The molecule has 0 heterocycles. The van der Waals surface area contributed by atoms with E-state index in [1.54, 1.807) is 7.05 Å². The molecule has 0 saturated carbocycles. The highest BCUT2D eigenvalue weighted by Gasteiger charge is 2.11. The fraction of sp³-hybridized carbons (Fsp3) is 0.357. The third-order valence-electron chi connectivity index (χ3n) is 2.95. The summed E-state index contributed by atoms with van der Waals surface area (Å²) in [6, 6.07) is 7.53. The van der Waals surface area contributed by atoms with E-state index in [2.05, 4.69) is 31.4 Å². The lowest BCUT2D eigenvalue weighted by molar-refractivity contribution is 0.0963. The molecule has 1 unspecified atom stereocenters. The molecule has 0 aliphatic rings. The lowest BCUT2D eigenvalue weighted by Crippen LogP contribution is -2.17. The maximum atomic E-state index is 11.4. The SMILES string of the molecule is C=C(c1ccc(C(=O)NC)cc1)C(CC)CS. The summed E-state index contributed by atoms with van der Waals surface area (Å²) in [4.78, 5) is 11.4. The van der Waals surface area contributed by atoms with Crippen molar-refractivity contribution in [2.24, 2.45) is 5.92 Å². The van der Waals surface area contributed by atoms with E-state index < -0.39 is 0 Å². The Hall–Kier alpha value is -1.22.